The third-order valence-corrected chi connectivity index (χ3v) is 3.79. The molecule has 18 heavy (non-hydrogen) atoms. The first-order chi connectivity index (χ1) is 8.18. The van der Waals surface area contributed by atoms with Gasteiger partial charge in [-0.1, -0.05) is 18.6 Å². The molecule has 102 valence electrons. The lowest BCUT2D eigenvalue weighted by atomic mass is 10.1. The molecule has 0 atom stereocenters. The van der Waals surface area contributed by atoms with E-state index in [1.807, 2.05) is 0 Å². The second-order valence-corrected chi connectivity index (χ2v) is 5.63. The van der Waals surface area contributed by atoms with Crippen molar-refractivity contribution in [2.45, 2.75) is 31.3 Å². The number of sulfonamides is 1. The van der Waals surface area contributed by atoms with Crippen LogP contribution in [-0.4, -0.2) is 15.0 Å². The van der Waals surface area contributed by atoms with Crippen molar-refractivity contribution in [1.29, 1.82) is 0 Å². The highest BCUT2D eigenvalue weighted by atomic mass is 32.2. The standard InChI is InChI=1S/C11H14F3NO2S/c1-3-6-15-18(16,17)10-5-4-8(2)7-9(10)11(12,13)14/h4-5,7,15H,3,6H2,1-2H3. The maximum absolute atomic E-state index is 12.8. The Morgan fingerprint density at radius 3 is 2.39 bits per heavy atom. The molecule has 0 fully saturated rings. The summed E-state index contributed by atoms with van der Waals surface area (Å²) in [7, 11) is -4.12. The Labute approximate surface area is 104 Å². The van der Waals surface area contributed by atoms with E-state index in [1.165, 1.54) is 13.0 Å². The molecule has 1 rings (SSSR count). The van der Waals surface area contributed by atoms with Crippen LogP contribution in [0.15, 0.2) is 23.1 Å². The third-order valence-electron chi connectivity index (χ3n) is 2.27. The van der Waals surface area contributed by atoms with Crippen molar-refractivity contribution in [3.8, 4) is 0 Å². The van der Waals surface area contributed by atoms with Crippen molar-refractivity contribution in [2.75, 3.05) is 6.54 Å². The number of benzene rings is 1. The van der Waals surface area contributed by atoms with Crippen LogP contribution in [0.3, 0.4) is 0 Å². The molecule has 0 spiro atoms. The molecular formula is C11H14F3NO2S. The molecule has 0 aromatic heterocycles. The Morgan fingerprint density at radius 1 is 1.28 bits per heavy atom. The van der Waals surface area contributed by atoms with Gasteiger partial charge in [-0.3, -0.25) is 0 Å². The molecule has 0 saturated carbocycles. The van der Waals surface area contributed by atoms with Crippen LogP contribution in [0, 0.1) is 6.92 Å². The van der Waals surface area contributed by atoms with E-state index >= 15 is 0 Å². The van der Waals surface area contributed by atoms with Gasteiger partial charge in [0.15, 0.2) is 0 Å². The first-order valence-electron chi connectivity index (χ1n) is 5.36. The van der Waals surface area contributed by atoms with Gasteiger partial charge in [-0.15, -0.1) is 0 Å². The lowest BCUT2D eigenvalue weighted by molar-refractivity contribution is -0.139. The minimum atomic E-state index is -4.69. The highest BCUT2D eigenvalue weighted by molar-refractivity contribution is 7.89. The van der Waals surface area contributed by atoms with Crippen LogP contribution < -0.4 is 4.72 Å². The summed E-state index contributed by atoms with van der Waals surface area (Å²) in [6.45, 7) is 3.31. The summed E-state index contributed by atoms with van der Waals surface area (Å²) < 4.78 is 64.0. The summed E-state index contributed by atoms with van der Waals surface area (Å²) >= 11 is 0. The summed E-state index contributed by atoms with van der Waals surface area (Å²) in [5, 5.41) is 0. The number of alkyl halides is 3. The number of hydrogen-bond donors (Lipinski definition) is 1. The van der Waals surface area contributed by atoms with Crippen LogP contribution >= 0.6 is 0 Å². The van der Waals surface area contributed by atoms with E-state index in [4.69, 9.17) is 0 Å². The zero-order valence-corrected chi connectivity index (χ0v) is 10.8. The topological polar surface area (TPSA) is 46.2 Å². The van der Waals surface area contributed by atoms with Gasteiger partial charge in [0.05, 0.1) is 10.5 Å². The Hall–Kier alpha value is -1.08. The van der Waals surface area contributed by atoms with Gasteiger partial charge in [-0.05, 0) is 25.5 Å². The summed E-state index contributed by atoms with van der Waals surface area (Å²) in [4.78, 5) is -0.728. The molecule has 0 aliphatic carbocycles. The molecule has 0 aliphatic heterocycles. The molecule has 0 unspecified atom stereocenters. The fourth-order valence-corrected chi connectivity index (χ4v) is 2.75. The van der Waals surface area contributed by atoms with Gasteiger partial charge in [-0.2, -0.15) is 13.2 Å². The largest absolute Gasteiger partial charge is 0.417 e. The van der Waals surface area contributed by atoms with Gasteiger partial charge >= 0.3 is 6.18 Å². The lowest BCUT2D eigenvalue weighted by Crippen LogP contribution is -2.27. The second kappa shape index (κ2) is 5.27. The van der Waals surface area contributed by atoms with E-state index in [2.05, 4.69) is 4.72 Å². The molecule has 0 aliphatic rings. The average molecular weight is 281 g/mol. The molecule has 0 radical (unpaired) electrons. The van der Waals surface area contributed by atoms with Gasteiger partial charge in [0.25, 0.3) is 0 Å². The second-order valence-electron chi connectivity index (χ2n) is 3.90. The zero-order valence-electron chi connectivity index (χ0n) is 10.0. The average Bonchev–Trinajstić information content (AvgIpc) is 2.25. The Balaban J connectivity index is 3.33. The lowest BCUT2D eigenvalue weighted by Gasteiger charge is -2.14. The zero-order chi connectivity index (χ0) is 14.0. The van der Waals surface area contributed by atoms with Crippen LogP contribution in [0.5, 0.6) is 0 Å². The van der Waals surface area contributed by atoms with Crippen molar-refractivity contribution in [2.24, 2.45) is 0 Å². The van der Waals surface area contributed by atoms with E-state index in [-0.39, 0.29) is 6.54 Å². The predicted octanol–water partition coefficient (Wildman–Crippen LogP) is 2.70. The van der Waals surface area contributed by atoms with Gasteiger partial charge in [0.2, 0.25) is 10.0 Å². The monoisotopic (exact) mass is 281 g/mol. The number of nitrogens with one attached hydrogen (secondary N) is 1. The van der Waals surface area contributed by atoms with Crippen LogP contribution in [0.25, 0.3) is 0 Å². The number of halogens is 3. The third kappa shape index (κ3) is 3.46. The first kappa shape index (κ1) is 15.0. The van der Waals surface area contributed by atoms with Gasteiger partial charge in [0, 0.05) is 6.54 Å². The normalized spacial score (nSPS) is 12.7. The highest BCUT2D eigenvalue weighted by Crippen LogP contribution is 2.34. The molecule has 7 heteroatoms. The summed E-state index contributed by atoms with van der Waals surface area (Å²) in [5.41, 5.74) is -0.775. The van der Waals surface area contributed by atoms with E-state index in [1.54, 1.807) is 6.92 Å². The van der Waals surface area contributed by atoms with Crippen molar-refractivity contribution in [1.82, 2.24) is 4.72 Å². The minimum absolute atomic E-state index is 0.105. The Morgan fingerprint density at radius 2 is 1.89 bits per heavy atom. The van der Waals surface area contributed by atoms with E-state index in [0.29, 0.717) is 12.0 Å². The Bertz CT molecular complexity index is 524. The highest BCUT2D eigenvalue weighted by Gasteiger charge is 2.37. The van der Waals surface area contributed by atoms with Crippen molar-refractivity contribution < 1.29 is 21.6 Å². The van der Waals surface area contributed by atoms with Crippen LogP contribution in [0.1, 0.15) is 24.5 Å². The molecule has 0 saturated heterocycles. The summed E-state index contributed by atoms with van der Waals surface area (Å²) in [6, 6.07) is 3.16. The van der Waals surface area contributed by atoms with E-state index in [0.717, 1.165) is 12.1 Å². The molecule has 3 nitrogen and oxygen atoms in total. The van der Waals surface area contributed by atoms with E-state index in [9.17, 15) is 21.6 Å². The van der Waals surface area contributed by atoms with Crippen LogP contribution in [0.2, 0.25) is 0 Å². The number of hydrogen-bond acceptors (Lipinski definition) is 2. The maximum atomic E-state index is 12.8. The van der Waals surface area contributed by atoms with Crippen LogP contribution in [0.4, 0.5) is 13.2 Å². The molecule has 1 N–H and O–H groups in total. The smallest absolute Gasteiger partial charge is 0.211 e. The maximum Gasteiger partial charge on any atom is 0.417 e. The molecule has 0 bridgehead atoms. The molecule has 1 aromatic rings. The minimum Gasteiger partial charge on any atom is -0.211 e. The molecular weight excluding hydrogens is 267 g/mol. The SMILES string of the molecule is CCCNS(=O)(=O)c1ccc(C)cc1C(F)(F)F. The van der Waals surface area contributed by atoms with Gasteiger partial charge in [-0.25, -0.2) is 13.1 Å². The fourth-order valence-electron chi connectivity index (χ4n) is 1.41. The molecule has 0 amide bonds. The quantitative estimate of drug-likeness (QED) is 0.922. The Kier molecular flexibility index (Phi) is 4.39. The van der Waals surface area contributed by atoms with Crippen molar-refractivity contribution >= 4 is 10.0 Å². The van der Waals surface area contributed by atoms with Crippen molar-refractivity contribution in [3.63, 3.8) is 0 Å². The molecule has 0 heterocycles. The number of aryl methyl sites for hydroxylation is 1. The number of rotatable bonds is 4. The summed E-state index contributed by atoms with van der Waals surface area (Å²) in [6.07, 6.45) is -4.19. The van der Waals surface area contributed by atoms with Crippen LogP contribution in [-0.2, 0) is 16.2 Å². The first-order valence-corrected chi connectivity index (χ1v) is 6.84. The molecule has 1 aromatic carbocycles. The predicted molar refractivity (Wildman–Crippen MR) is 61.7 cm³/mol. The van der Waals surface area contributed by atoms with Gasteiger partial charge < -0.3 is 0 Å². The summed E-state index contributed by atoms with van der Waals surface area (Å²) in [5.74, 6) is 0. The fraction of sp³-hybridized carbons (Fsp3) is 0.455. The van der Waals surface area contributed by atoms with E-state index < -0.39 is 26.7 Å². The van der Waals surface area contributed by atoms with Crippen molar-refractivity contribution in [3.05, 3.63) is 29.3 Å². The van der Waals surface area contributed by atoms with Gasteiger partial charge in [0.1, 0.15) is 0 Å².